The molecule has 1 aromatic heterocycles. The SMILES string of the molecule is CO[C@H]1CC[C@@H](N(CC(C)C)c2ccc(C(C)CC(=O)O)cc2Nc2n[nH]c(C3CC3)n2)CC1. The van der Waals surface area contributed by atoms with Crippen LogP contribution in [0.15, 0.2) is 18.2 Å². The third kappa shape index (κ3) is 6.09. The number of H-pyrrole nitrogens is 1. The zero-order valence-electron chi connectivity index (χ0n) is 20.9. The van der Waals surface area contributed by atoms with Crippen molar-refractivity contribution in [2.45, 2.75) is 89.7 Å². The molecule has 2 aromatic rings. The molecule has 2 saturated carbocycles. The first-order valence-corrected chi connectivity index (χ1v) is 12.7. The Morgan fingerprint density at radius 2 is 1.94 bits per heavy atom. The highest BCUT2D eigenvalue weighted by atomic mass is 16.5. The Balaban J connectivity index is 1.66. The van der Waals surface area contributed by atoms with Crippen molar-refractivity contribution in [1.29, 1.82) is 0 Å². The van der Waals surface area contributed by atoms with E-state index in [0.717, 1.165) is 67.8 Å². The second-order valence-electron chi connectivity index (χ2n) is 10.4. The molecule has 0 saturated heterocycles. The van der Waals surface area contributed by atoms with E-state index in [9.17, 15) is 9.90 Å². The van der Waals surface area contributed by atoms with Gasteiger partial charge in [-0.1, -0.05) is 26.8 Å². The minimum absolute atomic E-state index is 0.0861. The topological polar surface area (TPSA) is 103 Å². The Bertz CT molecular complexity index is 963. The smallest absolute Gasteiger partial charge is 0.303 e. The summed E-state index contributed by atoms with van der Waals surface area (Å²) >= 11 is 0. The number of hydrogen-bond acceptors (Lipinski definition) is 6. The van der Waals surface area contributed by atoms with Gasteiger partial charge in [-0.3, -0.25) is 9.89 Å². The number of anilines is 3. The molecule has 0 aliphatic heterocycles. The lowest BCUT2D eigenvalue weighted by molar-refractivity contribution is -0.137. The molecule has 1 atom stereocenters. The van der Waals surface area contributed by atoms with Crippen LogP contribution in [0.25, 0.3) is 0 Å². The van der Waals surface area contributed by atoms with Crippen molar-refractivity contribution >= 4 is 23.3 Å². The van der Waals surface area contributed by atoms with Crippen LogP contribution in [0.1, 0.15) is 88.9 Å². The van der Waals surface area contributed by atoms with Crippen LogP contribution in [-0.2, 0) is 9.53 Å². The van der Waals surface area contributed by atoms with Gasteiger partial charge in [-0.2, -0.15) is 4.98 Å². The van der Waals surface area contributed by atoms with Gasteiger partial charge in [0.15, 0.2) is 0 Å². The van der Waals surface area contributed by atoms with Crippen molar-refractivity contribution in [3.05, 3.63) is 29.6 Å². The molecule has 186 valence electrons. The number of benzene rings is 1. The fourth-order valence-electron chi connectivity index (χ4n) is 5.01. The van der Waals surface area contributed by atoms with E-state index >= 15 is 0 Å². The molecule has 2 aliphatic carbocycles. The van der Waals surface area contributed by atoms with E-state index in [1.54, 1.807) is 0 Å². The maximum absolute atomic E-state index is 11.3. The first-order valence-electron chi connectivity index (χ1n) is 12.7. The number of carbonyl (C=O) groups is 1. The maximum Gasteiger partial charge on any atom is 0.303 e. The standard InChI is InChI=1S/C26H39N5O3/c1-16(2)15-31(20-8-10-21(34-4)11-9-20)23-12-7-19(17(3)13-24(32)33)14-22(23)27-26-28-25(29-30-26)18-5-6-18/h7,12,14,16-18,20-21H,5-6,8-11,13,15H2,1-4H3,(H,32,33)(H2,27,28,29,30)/t17?,20-,21+. The molecule has 8 heteroatoms. The first kappa shape index (κ1) is 24.5. The lowest BCUT2D eigenvalue weighted by atomic mass is 9.90. The van der Waals surface area contributed by atoms with Crippen LogP contribution < -0.4 is 10.2 Å². The predicted molar refractivity (Wildman–Crippen MR) is 134 cm³/mol. The normalized spacial score (nSPS) is 21.4. The molecule has 1 aromatic carbocycles. The van der Waals surface area contributed by atoms with Gasteiger partial charge >= 0.3 is 5.97 Å². The maximum atomic E-state index is 11.3. The van der Waals surface area contributed by atoms with Gasteiger partial charge in [-0.15, -0.1) is 5.10 Å². The first-order chi connectivity index (χ1) is 16.3. The monoisotopic (exact) mass is 469 g/mol. The van der Waals surface area contributed by atoms with E-state index < -0.39 is 5.97 Å². The Labute approximate surface area is 202 Å². The summed E-state index contributed by atoms with van der Waals surface area (Å²) in [6.07, 6.45) is 7.09. The highest BCUT2D eigenvalue weighted by Crippen LogP contribution is 2.40. The molecule has 4 rings (SSSR count). The van der Waals surface area contributed by atoms with Crippen molar-refractivity contribution in [3.8, 4) is 0 Å². The highest BCUT2D eigenvalue weighted by Gasteiger charge is 2.29. The third-order valence-corrected chi connectivity index (χ3v) is 7.07. The minimum atomic E-state index is -0.787. The van der Waals surface area contributed by atoms with Crippen molar-refractivity contribution in [3.63, 3.8) is 0 Å². The number of ether oxygens (including phenoxy) is 1. The average Bonchev–Trinajstić information content (AvgIpc) is 3.56. The largest absolute Gasteiger partial charge is 0.481 e. The van der Waals surface area contributed by atoms with E-state index in [2.05, 4.69) is 57.4 Å². The number of hydrogen-bond donors (Lipinski definition) is 3. The van der Waals surface area contributed by atoms with Crippen LogP contribution in [0.4, 0.5) is 17.3 Å². The zero-order valence-corrected chi connectivity index (χ0v) is 20.9. The molecule has 1 unspecified atom stereocenters. The van der Waals surface area contributed by atoms with E-state index in [1.165, 1.54) is 0 Å². The number of aromatic nitrogens is 3. The Morgan fingerprint density at radius 1 is 1.21 bits per heavy atom. The molecule has 0 radical (unpaired) electrons. The quantitative estimate of drug-likeness (QED) is 0.403. The second kappa shape index (κ2) is 10.8. The Morgan fingerprint density at radius 3 is 2.56 bits per heavy atom. The molecule has 2 fully saturated rings. The molecule has 0 amide bonds. The number of nitrogens with one attached hydrogen (secondary N) is 2. The average molecular weight is 470 g/mol. The zero-order chi connectivity index (χ0) is 24.2. The summed E-state index contributed by atoms with van der Waals surface area (Å²) in [7, 11) is 1.81. The van der Waals surface area contributed by atoms with Crippen molar-refractivity contribution in [1.82, 2.24) is 15.2 Å². The van der Waals surface area contributed by atoms with Gasteiger partial charge in [0.05, 0.1) is 23.9 Å². The van der Waals surface area contributed by atoms with Gasteiger partial charge in [-0.25, -0.2) is 0 Å². The molecular formula is C26H39N5O3. The highest BCUT2D eigenvalue weighted by molar-refractivity contribution is 5.75. The number of carboxylic acid groups (broad SMARTS) is 1. The summed E-state index contributed by atoms with van der Waals surface area (Å²) in [5.74, 6) is 1.64. The van der Waals surface area contributed by atoms with Crippen LogP contribution in [0.3, 0.4) is 0 Å². The van der Waals surface area contributed by atoms with Crippen molar-refractivity contribution in [2.75, 3.05) is 23.9 Å². The summed E-state index contributed by atoms with van der Waals surface area (Å²) in [6.45, 7) is 7.41. The van der Waals surface area contributed by atoms with E-state index in [4.69, 9.17) is 4.74 Å². The number of nitrogens with zero attached hydrogens (tertiary/aromatic N) is 3. The predicted octanol–water partition coefficient (Wildman–Crippen LogP) is 5.42. The Kier molecular flexibility index (Phi) is 7.76. The van der Waals surface area contributed by atoms with Crippen LogP contribution in [0.5, 0.6) is 0 Å². The summed E-state index contributed by atoms with van der Waals surface area (Å²) < 4.78 is 5.61. The summed E-state index contributed by atoms with van der Waals surface area (Å²) in [4.78, 5) is 18.5. The molecule has 34 heavy (non-hydrogen) atoms. The van der Waals surface area contributed by atoms with E-state index in [0.29, 0.717) is 29.9 Å². The summed E-state index contributed by atoms with van der Waals surface area (Å²) in [5.41, 5.74) is 3.06. The van der Waals surface area contributed by atoms with Gasteiger partial charge in [0.2, 0.25) is 5.95 Å². The van der Waals surface area contributed by atoms with Crippen LogP contribution in [0, 0.1) is 5.92 Å². The van der Waals surface area contributed by atoms with Gasteiger partial charge in [0, 0.05) is 25.6 Å². The van der Waals surface area contributed by atoms with Gasteiger partial charge in [-0.05, 0) is 68.1 Å². The van der Waals surface area contributed by atoms with Gasteiger partial charge in [0.25, 0.3) is 0 Å². The van der Waals surface area contributed by atoms with Crippen molar-refractivity contribution in [2.24, 2.45) is 5.92 Å². The molecule has 2 aliphatic rings. The van der Waals surface area contributed by atoms with E-state index in [1.807, 2.05) is 14.0 Å². The number of carboxylic acids is 1. The molecule has 0 spiro atoms. The van der Waals surface area contributed by atoms with Crippen molar-refractivity contribution < 1.29 is 14.6 Å². The molecule has 3 N–H and O–H groups in total. The summed E-state index contributed by atoms with van der Waals surface area (Å²) in [5, 5.41) is 20.3. The second-order valence-corrected chi connectivity index (χ2v) is 10.4. The van der Waals surface area contributed by atoms with E-state index in [-0.39, 0.29) is 12.3 Å². The van der Waals surface area contributed by atoms with Crippen LogP contribution >= 0.6 is 0 Å². The molecule has 1 heterocycles. The Hall–Kier alpha value is -2.61. The third-order valence-electron chi connectivity index (χ3n) is 7.07. The number of aromatic amines is 1. The number of aliphatic carboxylic acids is 1. The van der Waals surface area contributed by atoms with Gasteiger partial charge in [0.1, 0.15) is 5.82 Å². The molecule has 8 nitrogen and oxygen atoms in total. The summed E-state index contributed by atoms with van der Waals surface area (Å²) in [6, 6.07) is 6.75. The lowest BCUT2D eigenvalue weighted by Gasteiger charge is -2.40. The van der Waals surface area contributed by atoms with Crippen LogP contribution in [0.2, 0.25) is 0 Å². The lowest BCUT2D eigenvalue weighted by Crippen LogP contribution is -2.41. The van der Waals surface area contributed by atoms with Gasteiger partial charge < -0.3 is 20.1 Å². The number of methoxy groups -OCH3 is 1. The minimum Gasteiger partial charge on any atom is -0.481 e. The fraction of sp³-hybridized carbons (Fsp3) is 0.654. The van der Waals surface area contributed by atoms with Crippen LogP contribution in [-0.4, -0.2) is 52.1 Å². The molecule has 0 bridgehead atoms. The number of rotatable bonds is 11. The fourth-order valence-corrected chi connectivity index (χ4v) is 5.01. The molecular weight excluding hydrogens is 430 g/mol.